The Morgan fingerprint density at radius 3 is 2.57 bits per heavy atom. The number of ether oxygens (including phenoxy) is 4. The fourth-order valence-corrected chi connectivity index (χ4v) is 2.75. The second-order valence-electron chi connectivity index (χ2n) is 6.08. The van der Waals surface area contributed by atoms with E-state index in [9.17, 15) is 15.0 Å². The largest absolute Gasteiger partial charge is 0.453 e. The summed E-state index contributed by atoms with van der Waals surface area (Å²) in [6.07, 6.45) is -5.19. The summed E-state index contributed by atoms with van der Waals surface area (Å²) in [6, 6.07) is 8.41. The van der Waals surface area contributed by atoms with Crippen LogP contribution in [-0.2, 0) is 18.9 Å². The third-order valence-corrected chi connectivity index (χ3v) is 3.90. The molecular weight excluding hydrogens is 304 g/mol. The first-order valence-corrected chi connectivity index (χ1v) is 7.47. The Labute approximate surface area is 133 Å². The Morgan fingerprint density at radius 2 is 1.96 bits per heavy atom. The Morgan fingerprint density at radius 1 is 1.26 bits per heavy atom. The quantitative estimate of drug-likeness (QED) is 0.779. The lowest BCUT2D eigenvalue weighted by molar-refractivity contribution is -0.178. The van der Waals surface area contributed by atoms with Gasteiger partial charge in [-0.15, -0.1) is 0 Å². The van der Waals surface area contributed by atoms with E-state index in [2.05, 4.69) is 0 Å². The van der Waals surface area contributed by atoms with E-state index in [4.69, 9.17) is 18.9 Å². The SMILES string of the molecule is CC1(C)OC[C@H]([C@H]2O[C@H](O)[C@H](O)[C@H]2OC(=O)c2ccccc2)O1. The van der Waals surface area contributed by atoms with Crippen LogP contribution in [0.5, 0.6) is 0 Å². The third kappa shape index (κ3) is 3.39. The number of hydrogen-bond acceptors (Lipinski definition) is 7. The van der Waals surface area contributed by atoms with Gasteiger partial charge < -0.3 is 29.2 Å². The molecule has 1 aromatic carbocycles. The number of benzene rings is 1. The highest BCUT2D eigenvalue weighted by Crippen LogP contribution is 2.33. The number of carbonyl (C=O) groups is 1. The van der Waals surface area contributed by atoms with Crippen LogP contribution in [0.2, 0.25) is 0 Å². The van der Waals surface area contributed by atoms with Crippen molar-refractivity contribution in [3.63, 3.8) is 0 Å². The van der Waals surface area contributed by atoms with E-state index in [1.165, 1.54) is 0 Å². The summed E-state index contributed by atoms with van der Waals surface area (Å²) in [5.41, 5.74) is 0.351. The minimum Gasteiger partial charge on any atom is -0.453 e. The van der Waals surface area contributed by atoms with Crippen LogP contribution in [0.1, 0.15) is 24.2 Å². The lowest BCUT2D eigenvalue weighted by Gasteiger charge is -2.25. The van der Waals surface area contributed by atoms with Crippen molar-refractivity contribution in [3.8, 4) is 0 Å². The van der Waals surface area contributed by atoms with E-state index >= 15 is 0 Å². The third-order valence-electron chi connectivity index (χ3n) is 3.90. The summed E-state index contributed by atoms with van der Waals surface area (Å²) >= 11 is 0. The van der Waals surface area contributed by atoms with Crippen molar-refractivity contribution in [1.29, 1.82) is 0 Å². The van der Waals surface area contributed by atoms with Gasteiger partial charge in [0.25, 0.3) is 0 Å². The molecule has 2 N–H and O–H groups in total. The van der Waals surface area contributed by atoms with Crippen molar-refractivity contribution < 1.29 is 34.0 Å². The number of rotatable bonds is 3. The molecule has 7 nitrogen and oxygen atoms in total. The molecule has 23 heavy (non-hydrogen) atoms. The zero-order valence-electron chi connectivity index (χ0n) is 12.9. The van der Waals surface area contributed by atoms with Crippen molar-refractivity contribution in [2.45, 2.75) is 50.3 Å². The molecule has 0 saturated carbocycles. The van der Waals surface area contributed by atoms with E-state index in [-0.39, 0.29) is 6.61 Å². The molecule has 7 heteroatoms. The van der Waals surface area contributed by atoms with E-state index < -0.39 is 42.5 Å². The summed E-state index contributed by atoms with van der Waals surface area (Å²) in [7, 11) is 0. The summed E-state index contributed by atoms with van der Waals surface area (Å²) in [4.78, 5) is 12.2. The molecule has 0 radical (unpaired) electrons. The van der Waals surface area contributed by atoms with Gasteiger partial charge in [-0.3, -0.25) is 0 Å². The van der Waals surface area contributed by atoms with Gasteiger partial charge in [0, 0.05) is 0 Å². The molecule has 2 aliphatic rings. The second kappa shape index (κ2) is 6.18. The molecule has 2 aliphatic heterocycles. The number of hydrogen-bond donors (Lipinski definition) is 2. The summed E-state index contributed by atoms with van der Waals surface area (Å²) in [6.45, 7) is 3.72. The normalized spacial score (nSPS) is 36.1. The predicted octanol–water partition coefficient (Wildman–Crippen LogP) is 0.442. The maximum Gasteiger partial charge on any atom is 0.338 e. The predicted molar refractivity (Wildman–Crippen MR) is 77.4 cm³/mol. The topological polar surface area (TPSA) is 94.5 Å². The van der Waals surface area contributed by atoms with Crippen molar-refractivity contribution in [2.75, 3.05) is 6.61 Å². The number of esters is 1. The van der Waals surface area contributed by atoms with Crippen molar-refractivity contribution in [3.05, 3.63) is 35.9 Å². The standard InChI is InChI=1S/C16H20O7/c1-16(2)20-8-10(23-16)12-13(11(17)15(19)21-12)22-14(18)9-6-4-3-5-7-9/h3-7,10-13,15,17,19H,8H2,1-2H3/t10-,11-,12-,13-,15+/m1/s1. The highest BCUT2D eigenvalue weighted by Gasteiger charge is 2.52. The summed E-state index contributed by atoms with van der Waals surface area (Å²) in [5.74, 6) is -1.39. The average molecular weight is 324 g/mol. The van der Waals surface area contributed by atoms with Gasteiger partial charge in [0.2, 0.25) is 0 Å². The average Bonchev–Trinajstić information content (AvgIpc) is 3.02. The Hall–Kier alpha value is -1.51. The highest BCUT2D eigenvalue weighted by atomic mass is 16.8. The number of aliphatic hydroxyl groups excluding tert-OH is 2. The minimum absolute atomic E-state index is 0.219. The zero-order chi connectivity index (χ0) is 16.6. The van der Waals surface area contributed by atoms with Crippen LogP contribution in [-0.4, -0.2) is 59.3 Å². The lowest BCUT2D eigenvalue weighted by Crippen LogP contribution is -2.43. The second-order valence-corrected chi connectivity index (χ2v) is 6.08. The molecule has 2 heterocycles. The van der Waals surface area contributed by atoms with Crippen LogP contribution in [0.15, 0.2) is 30.3 Å². The monoisotopic (exact) mass is 324 g/mol. The molecular formula is C16H20O7. The maximum absolute atomic E-state index is 12.2. The first-order chi connectivity index (χ1) is 10.9. The van der Waals surface area contributed by atoms with E-state index in [1.54, 1.807) is 44.2 Å². The van der Waals surface area contributed by atoms with Crippen LogP contribution in [0.3, 0.4) is 0 Å². The summed E-state index contributed by atoms with van der Waals surface area (Å²) in [5, 5.41) is 19.8. The van der Waals surface area contributed by atoms with Crippen LogP contribution < -0.4 is 0 Å². The van der Waals surface area contributed by atoms with Gasteiger partial charge in [-0.1, -0.05) is 18.2 Å². The highest BCUT2D eigenvalue weighted by molar-refractivity contribution is 5.89. The zero-order valence-corrected chi connectivity index (χ0v) is 12.9. The summed E-state index contributed by atoms with van der Waals surface area (Å²) < 4.78 is 21.8. The van der Waals surface area contributed by atoms with E-state index in [0.29, 0.717) is 5.56 Å². The first kappa shape index (κ1) is 16.4. The Kier molecular flexibility index (Phi) is 4.39. The van der Waals surface area contributed by atoms with Gasteiger partial charge in [-0.2, -0.15) is 0 Å². The molecule has 2 saturated heterocycles. The minimum atomic E-state index is -1.44. The van der Waals surface area contributed by atoms with Crippen LogP contribution in [0, 0.1) is 0 Å². The fraction of sp³-hybridized carbons (Fsp3) is 0.562. The fourth-order valence-electron chi connectivity index (χ4n) is 2.75. The van der Waals surface area contributed by atoms with Gasteiger partial charge in [0.15, 0.2) is 18.2 Å². The van der Waals surface area contributed by atoms with E-state index in [1.807, 2.05) is 0 Å². The molecule has 126 valence electrons. The molecule has 0 aromatic heterocycles. The molecule has 0 bridgehead atoms. The van der Waals surface area contributed by atoms with Crippen LogP contribution in [0.25, 0.3) is 0 Å². The van der Waals surface area contributed by atoms with E-state index in [0.717, 1.165) is 0 Å². The molecule has 0 spiro atoms. The number of carbonyl (C=O) groups excluding carboxylic acids is 1. The van der Waals surface area contributed by atoms with Crippen molar-refractivity contribution in [1.82, 2.24) is 0 Å². The first-order valence-electron chi connectivity index (χ1n) is 7.47. The van der Waals surface area contributed by atoms with Crippen LogP contribution in [0.4, 0.5) is 0 Å². The molecule has 1 aromatic rings. The van der Waals surface area contributed by atoms with Gasteiger partial charge >= 0.3 is 5.97 Å². The van der Waals surface area contributed by atoms with Gasteiger partial charge in [-0.25, -0.2) is 4.79 Å². The maximum atomic E-state index is 12.2. The van der Waals surface area contributed by atoms with Crippen molar-refractivity contribution >= 4 is 5.97 Å². The molecule has 2 fully saturated rings. The Bertz CT molecular complexity index is 559. The van der Waals surface area contributed by atoms with Crippen LogP contribution >= 0.6 is 0 Å². The smallest absolute Gasteiger partial charge is 0.338 e. The van der Waals surface area contributed by atoms with Gasteiger partial charge in [-0.05, 0) is 26.0 Å². The molecule has 0 aliphatic carbocycles. The Balaban J connectivity index is 1.74. The van der Waals surface area contributed by atoms with Gasteiger partial charge in [0.1, 0.15) is 18.3 Å². The lowest BCUT2D eigenvalue weighted by atomic mass is 10.1. The molecule has 0 amide bonds. The molecule has 0 unspecified atom stereocenters. The van der Waals surface area contributed by atoms with Gasteiger partial charge in [0.05, 0.1) is 12.2 Å². The number of aliphatic hydroxyl groups is 2. The molecule has 5 atom stereocenters. The van der Waals surface area contributed by atoms with Crippen molar-refractivity contribution in [2.24, 2.45) is 0 Å². The molecule has 3 rings (SSSR count).